The summed E-state index contributed by atoms with van der Waals surface area (Å²) in [6, 6.07) is 10.9. The molecule has 16 heavy (non-hydrogen) atoms. The number of hydrogen-bond acceptors (Lipinski definition) is 0. The van der Waals surface area contributed by atoms with E-state index in [0.717, 1.165) is 0 Å². The van der Waals surface area contributed by atoms with Gasteiger partial charge in [-0.2, -0.15) is 0 Å². The van der Waals surface area contributed by atoms with E-state index in [9.17, 15) is 0 Å². The summed E-state index contributed by atoms with van der Waals surface area (Å²) < 4.78 is 0. The Kier molecular flexibility index (Phi) is 1.92. The topological polar surface area (TPSA) is 0 Å². The fourth-order valence-electron chi connectivity index (χ4n) is 3.49. The minimum atomic E-state index is 0.302. The molecule has 0 N–H and O–H groups in total. The Morgan fingerprint density at radius 2 is 1.81 bits per heavy atom. The van der Waals surface area contributed by atoms with Gasteiger partial charge >= 0.3 is 0 Å². The van der Waals surface area contributed by atoms with Crippen LogP contribution >= 0.6 is 0 Å². The zero-order chi connectivity index (χ0) is 11.3. The highest BCUT2D eigenvalue weighted by atomic mass is 14.5. The first-order valence-electron chi connectivity index (χ1n) is 6.08. The van der Waals surface area contributed by atoms with E-state index in [0.29, 0.717) is 11.3 Å². The molecule has 2 atom stereocenters. The van der Waals surface area contributed by atoms with Crippen LogP contribution < -0.4 is 0 Å². The third-order valence-electron chi connectivity index (χ3n) is 4.51. The van der Waals surface area contributed by atoms with E-state index in [4.69, 9.17) is 0 Å². The van der Waals surface area contributed by atoms with Crippen LogP contribution in [0.25, 0.3) is 5.57 Å². The molecule has 0 radical (unpaired) electrons. The van der Waals surface area contributed by atoms with Crippen molar-refractivity contribution in [1.82, 2.24) is 0 Å². The summed E-state index contributed by atoms with van der Waals surface area (Å²) >= 11 is 0. The molecule has 0 saturated heterocycles. The number of rotatable bonds is 1. The van der Waals surface area contributed by atoms with Gasteiger partial charge in [-0.15, -0.1) is 0 Å². The molecule has 0 fully saturated rings. The van der Waals surface area contributed by atoms with Gasteiger partial charge in [0.05, 0.1) is 0 Å². The average Bonchev–Trinajstić information content (AvgIpc) is 2.69. The molecule has 0 heteroatoms. The maximum Gasteiger partial charge on any atom is 0.0145 e. The van der Waals surface area contributed by atoms with E-state index >= 15 is 0 Å². The van der Waals surface area contributed by atoms with Crippen LogP contribution in [0.2, 0.25) is 0 Å². The van der Waals surface area contributed by atoms with Crippen molar-refractivity contribution in [2.45, 2.75) is 27.2 Å². The summed E-state index contributed by atoms with van der Waals surface area (Å²) in [6.07, 6.45) is 3.75. The predicted octanol–water partition coefficient (Wildman–Crippen LogP) is 4.45. The number of hydrogen-bond donors (Lipinski definition) is 0. The van der Waals surface area contributed by atoms with Crippen LogP contribution in [-0.4, -0.2) is 0 Å². The molecule has 82 valence electrons. The zero-order valence-corrected chi connectivity index (χ0v) is 10.2. The molecule has 1 aromatic carbocycles. The van der Waals surface area contributed by atoms with Crippen molar-refractivity contribution in [3.8, 4) is 0 Å². The second-order valence-corrected chi connectivity index (χ2v) is 5.42. The molecule has 2 unspecified atom stereocenters. The highest BCUT2D eigenvalue weighted by Crippen LogP contribution is 2.59. The third-order valence-corrected chi connectivity index (χ3v) is 4.51. The Hall–Kier alpha value is -1.30. The van der Waals surface area contributed by atoms with E-state index in [1.165, 1.54) is 12.0 Å². The summed E-state index contributed by atoms with van der Waals surface area (Å²) in [5.74, 6) is 0.695. The lowest BCUT2D eigenvalue weighted by Gasteiger charge is -2.28. The number of benzene rings is 1. The van der Waals surface area contributed by atoms with Crippen LogP contribution in [0.3, 0.4) is 0 Å². The molecule has 0 aromatic heterocycles. The summed E-state index contributed by atoms with van der Waals surface area (Å²) in [5.41, 5.74) is 6.44. The van der Waals surface area contributed by atoms with Crippen molar-refractivity contribution in [3.05, 3.63) is 53.1 Å². The Labute approximate surface area is 97.7 Å². The lowest BCUT2D eigenvalue weighted by atomic mass is 9.75. The summed E-state index contributed by atoms with van der Waals surface area (Å²) in [4.78, 5) is 0. The van der Waals surface area contributed by atoms with Crippen molar-refractivity contribution in [1.29, 1.82) is 0 Å². The smallest absolute Gasteiger partial charge is 0.0145 e. The van der Waals surface area contributed by atoms with E-state index in [1.54, 1.807) is 16.7 Å². The fraction of sp³-hybridized carbons (Fsp3) is 0.375. The summed E-state index contributed by atoms with van der Waals surface area (Å²) in [5, 5.41) is 0. The van der Waals surface area contributed by atoms with Crippen LogP contribution in [0.4, 0.5) is 0 Å². The van der Waals surface area contributed by atoms with Gasteiger partial charge in [-0.3, -0.25) is 0 Å². The molecule has 2 aliphatic carbocycles. The molecule has 1 aromatic rings. The van der Waals surface area contributed by atoms with Gasteiger partial charge in [0, 0.05) is 5.41 Å². The molecule has 0 aliphatic heterocycles. The molecule has 3 rings (SSSR count). The average molecular weight is 210 g/mol. The monoisotopic (exact) mass is 210 g/mol. The van der Waals surface area contributed by atoms with E-state index < -0.39 is 0 Å². The normalized spacial score (nSPS) is 32.2. The molecule has 2 aliphatic rings. The Morgan fingerprint density at radius 1 is 1.12 bits per heavy atom. The van der Waals surface area contributed by atoms with Gasteiger partial charge in [-0.1, -0.05) is 54.5 Å². The number of allylic oxidation sites excluding steroid dienone is 4. The van der Waals surface area contributed by atoms with Crippen molar-refractivity contribution in [3.63, 3.8) is 0 Å². The molecule has 0 saturated carbocycles. The second-order valence-electron chi connectivity index (χ2n) is 5.42. The van der Waals surface area contributed by atoms with Gasteiger partial charge < -0.3 is 0 Å². The minimum Gasteiger partial charge on any atom is -0.0775 e. The van der Waals surface area contributed by atoms with Crippen LogP contribution in [0.1, 0.15) is 32.8 Å². The van der Waals surface area contributed by atoms with Gasteiger partial charge in [0.25, 0.3) is 0 Å². The Bertz CT molecular complexity index is 490. The standard InChI is InChI=1S/C16H18/c1-11-9-14-10-16(11,3)15(12(14)2)13-7-5-4-6-8-13/h4-9,14H,10H2,1-3H3. The Balaban J connectivity index is 2.16. The SMILES string of the molecule is CC1=CC2CC1(C)C(c1ccccc1)=C2C. The first-order valence-corrected chi connectivity index (χ1v) is 6.08. The van der Waals surface area contributed by atoms with Gasteiger partial charge in [0.15, 0.2) is 0 Å². The van der Waals surface area contributed by atoms with Gasteiger partial charge in [-0.25, -0.2) is 0 Å². The van der Waals surface area contributed by atoms with Crippen molar-refractivity contribution >= 4 is 5.57 Å². The van der Waals surface area contributed by atoms with E-state index in [2.05, 4.69) is 57.2 Å². The molecule has 2 bridgehead atoms. The van der Waals surface area contributed by atoms with Crippen molar-refractivity contribution in [2.24, 2.45) is 11.3 Å². The highest BCUT2D eigenvalue weighted by molar-refractivity contribution is 5.80. The van der Waals surface area contributed by atoms with E-state index in [-0.39, 0.29) is 0 Å². The first kappa shape index (κ1) is 9.89. The van der Waals surface area contributed by atoms with Gasteiger partial charge in [0.2, 0.25) is 0 Å². The highest BCUT2D eigenvalue weighted by Gasteiger charge is 2.46. The van der Waals surface area contributed by atoms with Crippen LogP contribution in [-0.2, 0) is 0 Å². The largest absolute Gasteiger partial charge is 0.0775 e. The lowest BCUT2D eigenvalue weighted by molar-refractivity contribution is 0.522. The molecule has 0 nitrogen and oxygen atoms in total. The van der Waals surface area contributed by atoms with Crippen molar-refractivity contribution < 1.29 is 0 Å². The quantitative estimate of drug-likeness (QED) is 0.601. The third kappa shape index (κ3) is 1.10. The molecular weight excluding hydrogens is 192 g/mol. The van der Waals surface area contributed by atoms with Crippen LogP contribution in [0.15, 0.2) is 47.6 Å². The van der Waals surface area contributed by atoms with E-state index in [1.807, 2.05) is 0 Å². The lowest BCUT2D eigenvalue weighted by Crippen LogP contribution is -2.14. The Morgan fingerprint density at radius 3 is 2.44 bits per heavy atom. The van der Waals surface area contributed by atoms with Gasteiger partial charge in [-0.05, 0) is 37.3 Å². The van der Waals surface area contributed by atoms with Gasteiger partial charge in [0.1, 0.15) is 0 Å². The summed E-state index contributed by atoms with van der Waals surface area (Å²) in [6.45, 7) is 6.99. The maximum absolute atomic E-state index is 2.46. The van der Waals surface area contributed by atoms with Crippen LogP contribution in [0, 0.1) is 11.3 Å². The van der Waals surface area contributed by atoms with Crippen molar-refractivity contribution in [2.75, 3.05) is 0 Å². The molecular formula is C16H18. The fourth-order valence-corrected chi connectivity index (χ4v) is 3.49. The van der Waals surface area contributed by atoms with Crippen LogP contribution in [0.5, 0.6) is 0 Å². The molecule has 0 heterocycles. The zero-order valence-electron chi connectivity index (χ0n) is 10.2. The second kappa shape index (κ2) is 3.10. The minimum absolute atomic E-state index is 0.302. The maximum atomic E-state index is 2.46. The molecule has 0 amide bonds. The molecule has 0 spiro atoms. The first-order chi connectivity index (χ1) is 7.63. The predicted molar refractivity (Wildman–Crippen MR) is 69.0 cm³/mol. The number of fused-ring (bicyclic) bond motifs is 2. The summed E-state index contributed by atoms with van der Waals surface area (Å²) in [7, 11) is 0.